The van der Waals surface area contributed by atoms with Gasteiger partial charge in [0.05, 0.1) is 12.1 Å². The van der Waals surface area contributed by atoms with E-state index in [4.69, 9.17) is 5.11 Å². The van der Waals surface area contributed by atoms with Gasteiger partial charge in [-0.05, 0) is 53.4 Å². The molecule has 108 valence electrons. The quantitative estimate of drug-likeness (QED) is 0.864. The molecular weight excluding hydrogens is 324 g/mol. The first-order chi connectivity index (χ1) is 9.47. The van der Waals surface area contributed by atoms with E-state index < -0.39 is 5.97 Å². The number of nitrogens with zero attached hydrogens (tertiary/aromatic N) is 1. The Bertz CT molecular complexity index is 529. The van der Waals surface area contributed by atoms with Crippen molar-refractivity contribution in [2.45, 2.75) is 32.2 Å². The van der Waals surface area contributed by atoms with E-state index in [1.807, 2.05) is 25.1 Å². The van der Waals surface area contributed by atoms with Gasteiger partial charge >= 0.3 is 12.0 Å². The van der Waals surface area contributed by atoms with Crippen molar-refractivity contribution >= 4 is 33.6 Å². The number of benzene rings is 1. The van der Waals surface area contributed by atoms with Gasteiger partial charge in [-0.15, -0.1) is 0 Å². The van der Waals surface area contributed by atoms with Crippen molar-refractivity contribution in [1.29, 1.82) is 0 Å². The maximum absolute atomic E-state index is 12.3. The second kappa shape index (κ2) is 6.26. The zero-order valence-corrected chi connectivity index (χ0v) is 12.8. The Balaban J connectivity index is 2.04. The lowest BCUT2D eigenvalue weighted by molar-refractivity contribution is -0.137. The summed E-state index contributed by atoms with van der Waals surface area (Å²) in [6.07, 6.45) is 1.86. The third-order valence-electron chi connectivity index (χ3n) is 3.18. The number of rotatable bonds is 5. The molecule has 0 radical (unpaired) electrons. The number of halogens is 1. The second-order valence-electron chi connectivity index (χ2n) is 4.98. The van der Waals surface area contributed by atoms with Gasteiger partial charge in [0.25, 0.3) is 0 Å². The van der Waals surface area contributed by atoms with E-state index in [9.17, 15) is 9.59 Å². The fraction of sp³-hybridized carbons (Fsp3) is 0.429. The molecule has 0 heterocycles. The molecule has 1 saturated carbocycles. The van der Waals surface area contributed by atoms with Crippen molar-refractivity contribution in [2.24, 2.45) is 0 Å². The topological polar surface area (TPSA) is 69.6 Å². The summed E-state index contributed by atoms with van der Waals surface area (Å²) >= 11 is 3.40. The van der Waals surface area contributed by atoms with E-state index in [0.29, 0.717) is 5.69 Å². The van der Waals surface area contributed by atoms with Crippen LogP contribution in [0.2, 0.25) is 0 Å². The Morgan fingerprint density at radius 3 is 2.75 bits per heavy atom. The molecule has 0 saturated heterocycles. The fourth-order valence-electron chi connectivity index (χ4n) is 1.97. The highest BCUT2D eigenvalue weighted by Crippen LogP contribution is 2.29. The number of carbonyl (C=O) groups excluding carboxylic acids is 1. The number of hydrogen-bond donors (Lipinski definition) is 2. The highest BCUT2D eigenvalue weighted by Gasteiger charge is 2.32. The van der Waals surface area contributed by atoms with Crippen molar-refractivity contribution in [3.05, 3.63) is 28.2 Å². The maximum Gasteiger partial charge on any atom is 0.322 e. The van der Waals surface area contributed by atoms with Crippen molar-refractivity contribution in [1.82, 2.24) is 4.90 Å². The maximum atomic E-state index is 12.3. The lowest BCUT2D eigenvalue weighted by Gasteiger charge is -2.22. The van der Waals surface area contributed by atoms with Gasteiger partial charge in [0.15, 0.2) is 0 Å². The van der Waals surface area contributed by atoms with Gasteiger partial charge in [-0.1, -0.05) is 6.07 Å². The van der Waals surface area contributed by atoms with Crippen LogP contribution >= 0.6 is 15.9 Å². The third kappa shape index (κ3) is 3.96. The Morgan fingerprint density at radius 2 is 2.15 bits per heavy atom. The molecule has 1 aliphatic rings. The number of carbonyl (C=O) groups is 2. The van der Waals surface area contributed by atoms with Crippen LogP contribution in [0.5, 0.6) is 0 Å². The van der Waals surface area contributed by atoms with E-state index >= 15 is 0 Å². The summed E-state index contributed by atoms with van der Waals surface area (Å²) in [4.78, 5) is 24.5. The summed E-state index contributed by atoms with van der Waals surface area (Å²) in [5, 5.41) is 11.6. The lowest BCUT2D eigenvalue weighted by atomic mass is 10.2. The van der Waals surface area contributed by atoms with Crippen LogP contribution in [0, 0.1) is 6.92 Å². The molecule has 0 unspecified atom stereocenters. The minimum Gasteiger partial charge on any atom is -0.481 e. The summed E-state index contributed by atoms with van der Waals surface area (Å²) in [6, 6.07) is 5.65. The molecule has 1 fully saturated rings. The summed E-state index contributed by atoms with van der Waals surface area (Å²) < 4.78 is 0.811. The molecule has 6 heteroatoms. The molecule has 0 atom stereocenters. The summed E-state index contributed by atoms with van der Waals surface area (Å²) in [7, 11) is 0. The molecule has 5 nitrogen and oxygen atoms in total. The number of carboxylic acids is 1. The van der Waals surface area contributed by atoms with Crippen molar-refractivity contribution in [2.75, 3.05) is 11.9 Å². The van der Waals surface area contributed by atoms with Gasteiger partial charge in [-0.2, -0.15) is 0 Å². The molecule has 0 aromatic heterocycles. The molecule has 0 bridgehead atoms. The first kappa shape index (κ1) is 14.8. The summed E-state index contributed by atoms with van der Waals surface area (Å²) in [5.74, 6) is -0.889. The van der Waals surface area contributed by atoms with Crippen LogP contribution in [-0.2, 0) is 4.79 Å². The van der Waals surface area contributed by atoms with Gasteiger partial charge < -0.3 is 15.3 Å². The SMILES string of the molecule is Cc1ccc(Br)c(NC(=O)N(CCC(=O)O)C2CC2)c1. The summed E-state index contributed by atoms with van der Waals surface area (Å²) in [6.45, 7) is 2.19. The average molecular weight is 341 g/mol. The number of anilines is 1. The van der Waals surface area contributed by atoms with Gasteiger partial charge in [-0.3, -0.25) is 4.79 Å². The van der Waals surface area contributed by atoms with Crippen LogP contribution in [-0.4, -0.2) is 34.6 Å². The number of aliphatic carboxylic acids is 1. The minimum atomic E-state index is -0.889. The number of aryl methyl sites for hydroxylation is 1. The largest absolute Gasteiger partial charge is 0.481 e. The predicted octanol–water partition coefficient (Wildman–Crippen LogP) is 3.23. The van der Waals surface area contributed by atoms with Gasteiger partial charge in [0, 0.05) is 17.1 Å². The lowest BCUT2D eigenvalue weighted by Crippen LogP contribution is -2.38. The van der Waals surface area contributed by atoms with Crippen molar-refractivity contribution < 1.29 is 14.7 Å². The van der Waals surface area contributed by atoms with Crippen LogP contribution < -0.4 is 5.32 Å². The standard InChI is InChI=1S/C14H17BrN2O3/c1-9-2-5-11(15)12(8-9)16-14(20)17(10-3-4-10)7-6-13(18)19/h2,5,8,10H,3-4,6-7H2,1H3,(H,16,20)(H,18,19). The third-order valence-corrected chi connectivity index (χ3v) is 3.87. The predicted molar refractivity (Wildman–Crippen MR) is 79.9 cm³/mol. The Labute approximate surface area is 126 Å². The molecular formula is C14H17BrN2O3. The number of nitrogens with one attached hydrogen (secondary N) is 1. The normalized spacial score (nSPS) is 13.9. The number of hydrogen-bond acceptors (Lipinski definition) is 2. The molecule has 0 aliphatic heterocycles. The van der Waals surface area contributed by atoms with Gasteiger partial charge in [-0.25, -0.2) is 4.79 Å². The number of urea groups is 1. The molecule has 0 spiro atoms. The zero-order chi connectivity index (χ0) is 14.7. The molecule has 2 rings (SSSR count). The fourth-order valence-corrected chi connectivity index (χ4v) is 2.32. The van der Waals surface area contributed by atoms with Crippen molar-refractivity contribution in [3.8, 4) is 0 Å². The molecule has 1 aromatic carbocycles. The van der Waals surface area contributed by atoms with E-state index in [2.05, 4.69) is 21.2 Å². The van der Waals surface area contributed by atoms with Crippen LogP contribution in [0.15, 0.2) is 22.7 Å². The van der Waals surface area contributed by atoms with E-state index in [1.165, 1.54) is 0 Å². The Morgan fingerprint density at radius 1 is 1.45 bits per heavy atom. The Kier molecular flexibility index (Phi) is 4.65. The van der Waals surface area contributed by atoms with Crippen LogP contribution in [0.25, 0.3) is 0 Å². The first-order valence-electron chi connectivity index (χ1n) is 6.53. The molecule has 1 aliphatic carbocycles. The van der Waals surface area contributed by atoms with E-state index in [-0.39, 0.29) is 25.0 Å². The van der Waals surface area contributed by atoms with Crippen molar-refractivity contribution in [3.63, 3.8) is 0 Å². The first-order valence-corrected chi connectivity index (χ1v) is 7.32. The van der Waals surface area contributed by atoms with Crippen LogP contribution in [0.4, 0.5) is 10.5 Å². The average Bonchev–Trinajstić information content (AvgIpc) is 3.18. The number of amides is 2. The smallest absolute Gasteiger partial charge is 0.322 e. The monoisotopic (exact) mass is 340 g/mol. The Hall–Kier alpha value is -1.56. The summed E-state index contributed by atoms with van der Waals surface area (Å²) in [5.41, 5.74) is 1.75. The molecule has 2 amide bonds. The molecule has 1 aromatic rings. The molecule has 20 heavy (non-hydrogen) atoms. The van der Waals surface area contributed by atoms with Gasteiger partial charge in [0.1, 0.15) is 0 Å². The van der Waals surface area contributed by atoms with E-state index in [1.54, 1.807) is 4.90 Å². The second-order valence-corrected chi connectivity index (χ2v) is 5.84. The van der Waals surface area contributed by atoms with E-state index in [0.717, 1.165) is 22.9 Å². The van der Waals surface area contributed by atoms with Crippen LogP contribution in [0.3, 0.4) is 0 Å². The van der Waals surface area contributed by atoms with Crippen LogP contribution in [0.1, 0.15) is 24.8 Å². The number of carboxylic acid groups (broad SMARTS) is 1. The molecule has 2 N–H and O–H groups in total. The zero-order valence-electron chi connectivity index (χ0n) is 11.2. The highest BCUT2D eigenvalue weighted by molar-refractivity contribution is 9.10. The highest BCUT2D eigenvalue weighted by atomic mass is 79.9. The minimum absolute atomic E-state index is 0.0289. The van der Waals surface area contributed by atoms with Gasteiger partial charge in [0.2, 0.25) is 0 Å².